The molecule has 0 spiro atoms. The fraction of sp³-hybridized carbons (Fsp3) is 0.333. The molecule has 28 heavy (non-hydrogen) atoms. The number of aromatic nitrogens is 1. The zero-order valence-electron chi connectivity index (χ0n) is 15.5. The van der Waals surface area contributed by atoms with Crippen LogP contribution in [0.25, 0.3) is 10.2 Å². The first kappa shape index (κ1) is 19.3. The molecule has 4 rings (SSSR count). The van der Waals surface area contributed by atoms with Gasteiger partial charge >= 0.3 is 0 Å². The lowest BCUT2D eigenvalue weighted by Gasteiger charge is -2.29. The zero-order chi connectivity index (χ0) is 19.3. The van der Waals surface area contributed by atoms with Gasteiger partial charge in [0, 0.05) is 31.2 Å². The van der Waals surface area contributed by atoms with Gasteiger partial charge in [0.2, 0.25) is 5.91 Å². The molecule has 0 unspecified atom stereocenters. The molecule has 7 heteroatoms. The fourth-order valence-corrected chi connectivity index (χ4v) is 4.55. The number of carbonyl (C=O) groups is 1. The van der Waals surface area contributed by atoms with E-state index in [9.17, 15) is 4.79 Å². The summed E-state index contributed by atoms with van der Waals surface area (Å²) in [5.74, 6) is 0.0598. The van der Waals surface area contributed by atoms with Crippen molar-refractivity contribution in [3.05, 3.63) is 59.1 Å². The summed E-state index contributed by atoms with van der Waals surface area (Å²) in [5.41, 5.74) is 1.88. The highest BCUT2D eigenvalue weighted by molar-refractivity contribution is 7.22. The highest BCUT2D eigenvalue weighted by atomic mass is 35.5. The summed E-state index contributed by atoms with van der Waals surface area (Å²) in [6.45, 7) is 4.71. The first-order valence-electron chi connectivity index (χ1n) is 9.39. The van der Waals surface area contributed by atoms with Gasteiger partial charge in [0.05, 0.1) is 29.9 Å². The second kappa shape index (κ2) is 9.01. The summed E-state index contributed by atoms with van der Waals surface area (Å²) < 4.78 is 6.42. The van der Waals surface area contributed by atoms with Crippen LogP contribution < -0.4 is 4.90 Å². The number of fused-ring (bicyclic) bond motifs is 1. The standard InChI is InChI=1S/C21H22ClN3O2S/c22-17-6-7-18-19(15-17)28-21(23-18)25(9-8-24-10-12-27-13-11-24)20(26)14-16-4-2-1-3-5-16/h1-7,15H,8-14H2. The third kappa shape index (κ3) is 4.70. The van der Waals surface area contributed by atoms with E-state index < -0.39 is 0 Å². The number of hydrogen-bond donors (Lipinski definition) is 0. The highest BCUT2D eigenvalue weighted by Crippen LogP contribution is 2.31. The molecular weight excluding hydrogens is 394 g/mol. The summed E-state index contributed by atoms with van der Waals surface area (Å²) in [5, 5.41) is 1.41. The molecule has 1 saturated heterocycles. The minimum absolute atomic E-state index is 0.0598. The lowest BCUT2D eigenvalue weighted by atomic mass is 10.1. The van der Waals surface area contributed by atoms with Gasteiger partial charge in [-0.2, -0.15) is 0 Å². The lowest BCUT2D eigenvalue weighted by Crippen LogP contribution is -2.43. The van der Waals surface area contributed by atoms with E-state index >= 15 is 0 Å². The molecule has 5 nitrogen and oxygen atoms in total. The van der Waals surface area contributed by atoms with Gasteiger partial charge in [-0.1, -0.05) is 53.3 Å². The van der Waals surface area contributed by atoms with Crippen LogP contribution in [0.1, 0.15) is 5.56 Å². The molecule has 0 bridgehead atoms. The Morgan fingerprint density at radius 2 is 1.96 bits per heavy atom. The van der Waals surface area contributed by atoms with Crippen LogP contribution in [0.15, 0.2) is 48.5 Å². The fourth-order valence-electron chi connectivity index (χ4n) is 3.26. The van der Waals surface area contributed by atoms with E-state index in [0.29, 0.717) is 18.0 Å². The molecule has 3 aromatic rings. The smallest absolute Gasteiger partial charge is 0.233 e. The van der Waals surface area contributed by atoms with E-state index in [1.807, 2.05) is 53.4 Å². The number of morpholine rings is 1. The quantitative estimate of drug-likeness (QED) is 0.613. The number of carbonyl (C=O) groups excluding carboxylic acids is 1. The van der Waals surface area contributed by atoms with Crippen molar-refractivity contribution in [1.82, 2.24) is 9.88 Å². The Hall–Kier alpha value is -1.99. The average molecular weight is 416 g/mol. The Morgan fingerprint density at radius 3 is 2.75 bits per heavy atom. The van der Waals surface area contributed by atoms with Crippen LogP contribution in [0, 0.1) is 0 Å². The molecule has 1 aromatic heterocycles. The summed E-state index contributed by atoms with van der Waals surface area (Å²) in [6.07, 6.45) is 0.362. The van der Waals surface area contributed by atoms with E-state index in [4.69, 9.17) is 21.3 Å². The van der Waals surface area contributed by atoms with Gasteiger partial charge in [-0.3, -0.25) is 14.6 Å². The Kier molecular flexibility index (Phi) is 6.22. The maximum atomic E-state index is 13.2. The van der Waals surface area contributed by atoms with Crippen LogP contribution in [-0.2, 0) is 16.0 Å². The number of benzene rings is 2. The summed E-state index contributed by atoms with van der Waals surface area (Å²) in [7, 11) is 0. The van der Waals surface area contributed by atoms with E-state index in [1.54, 1.807) is 0 Å². The maximum absolute atomic E-state index is 13.2. The number of amides is 1. The van der Waals surface area contributed by atoms with Gasteiger partial charge in [0.15, 0.2) is 5.13 Å². The van der Waals surface area contributed by atoms with Crippen molar-refractivity contribution < 1.29 is 9.53 Å². The molecule has 1 amide bonds. The van der Waals surface area contributed by atoms with Crippen LogP contribution in [0.4, 0.5) is 5.13 Å². The largest absolute Gasteiger partial charge is 0.379 e. The average Bonchev–Trinajstić information content (AvgIpc) is 3.12. The summed E-state index contributed by atoms with van der Waals surface area (Å²) in [6, 6.07) is 15.5. The number of hydrogen-bond acceptors (Lipinski definition) is 5. The molecule has 1 aliphatic rings. The second-order valence-electron chi connectivity index (χ2n) is 6.77. The minimum atomic E-state index is 0.0598. The number of rotatable bonds is 6. The monoisotopic (exact) mass is 415 g/mol. The van der Waals surface area contributed by atoms with Crippen molar-refractivity contribution in [1.29, 1.82) is 0 Å². The Morgan fingerprint density at radius 1 is 1.18 bits per heavy atom. The molecule has 1 aliphatic heterocycles. The van der Waals surface area contributed by atoms with Crippen molar-refractivity contribution in [2.24, 2.45) is 0 Å². The first-order valence-corrected chi connectivity index (χ1v) is 10.6. The van der Waals surface area contributed by atoms with E-state index in [1.165, 1.54) is 11.3 Å². The molecule has 0 aliphatic carbocycles. The Balaban J connectivity index is 1.56. The van der Waals surface area contributed by atoms with Crippen molar-refractivity contribution in [2.75, 3.05) is 44.3 Å². The van der Waals surface area contributed by atoms with Gasteiger partial charge < -0.3 is 4.74 Å². The number of nitrogens with zero attached hydrogens (tertiary/aromatic N) is 3. The van der Waals surface area contributed by atoms with Gasteiger partial charge in [-0.25, -0.2) is 4.98 Å². The first-order chi connectivity index (χ1) is 13.7. The summed E-state index contributed by atoms with van der Waals surface area (Å²) >= 11 is 7.63. The molecular formula is C21H22ClN3O2S. The minimum Gasteiger partial charge on any atom is -0.379 e. The second-order valence-corrected chi connectivity index (χ2v) is 8.22. The molecule has 1 fully saturated rings. The topological polar surface area (TPSA) is 45.7 Å². The third-order valence-electron chi connectivity index (χ3n) is 4.81. The van der Waals surface area contributed by atoms with Gasteiger partial charge in [-0.05, 0) is 23.8 Å². The number of anilines is 1. The normalized spacial score (nSPS) is 15.0. The number of thiazole rings is 1. The molecule has 0 atom stereocenters. The molecule has 146 valence electrons. The SMILES string of the molecule is O=C(Cc1ccccc1)N(CCN1CCOCC1)c1nc2ccc(Cl)cc2s1. The predicted octanol–water partition coefficient (Wildman–Crippen LogP) is 3.86. The number of halogens is 1. The van der Waals surface area contributed by atoms with Gasteiger partial charge in [-0.15, -0.1) is 0 Å². The lowest BCUT2D eigenvalue weighted by molar-refractivity contribution is -0.118. The van der Waals surface area contributed by atoms with E-state index in [0.717, 1.165) is 53.8 Å². The van der Waals surface area contributed by atoms with E-state index in [2.05, 4.69) is 4.90 Å². The molecule has 2 heterocycles. The summed E-state index contributed by atoms with van der Waals surface area (Å²) in [4.78, 5) is 22.0. The molecule has 0 radical (unpaired) electrons. The van der Waals surface area contributed by atoms with Crippen LogP contribution in [0.3, 0.4) is 0 Å². The molecule has 2 aromatic carbocycles. The Bertz CT molecular complexity index is 941. The molecule has 0 saturated carbocycles. The van der Waals surface area contributed by atoms with Crippen LogP contribution in [0.2, 0.25) is 5.02 Å². The van der Waals surface area contributed by atoms with Crippen LogP contribution in [0.5, 0.6) is 0 Å². The van der Waals surface area contributed by atoms with Crippen LogP contribution in [-0.4, -0.2) is 55.2 Å². The van der Waals surface area contributed by atoms with Crippen LogP contribution >= 0.6 is 22.9 Å². The van der Waals surface area contributed by atoms with Crippen molar-refractivity contribution in [3.63, 3.8) is 0 Å². The zero-order valence-corrected chi connectivity index (χ0v) is 17.1. The maximum Gasteiger partial charge on any atom is 0.233 e. The van der Waals surface area contributed by atoms with Crippen molar-refractivity contribution in [2.45, 2.75) is 6.42 Å². The third-order valence-corrected chi connectivity index (χ3v) is 6.09. The highest BCUT2D eigenvalue weighted by Gasteiger charge is 2.21. The molecule has 0 N–H and O–H groups in total. The van der Waals surface area contributed by atoms with E-state index in [-0.39, 0.29) is 5.91 Å². The van der Waals surface area contributed by atoms with Gasteiger partial charge in [0.1, 0.15) is 0 Å². The van der Waals surface area contributed by atoms with Gasteiger partial charge in [0.25, 0.3) is 0 Å². The van der Waals surface area contributed by atoms with Crippen molar-refractivity contribution in [3.8, 4) is 0 Å². The van der Waals surface area contributed by atoms with Crippen molar-refractivity contribution >= 4 is 44.2 Å². The Labute approximate surface area is 173 Å². The predicted molar refractivity (Wildman–Crippen MR) is 114 cm³/mol. The number of ether oxygens (including phenoxy) is 1.